The topological polar surface area (TPSA) is 63.6 Å². The standard InChI is InChI=1S/C16H16O4S/c1-21(18,19)16-10-13-11(7-8-14(13)17)9-15(16)20-12-5-3-2-4-6-12/h2-6,9-10,14,17H,7-8H2,1H3. The number of hydrogen-bond donors (Lipinski definition) is 1. The third-order valence-electron chi connectivity index (χ3n) is 3.62. The Morgan fingerprint density at radius 1 is 1.19 bits per heavy atom. The molecule has 0 bridgehead atoms. The Bertz CT molecular complexity index is 766. The van der Waals surface area contributed by atoms with E-state index >= 15 is 0 Å². The summed E-state index contributed by atoms with van der Waals surface area (Å²) in [6.45, 7) is 0. The highest BCUT2D eigenvalue weighted by Crippen LogP contribution is 2.39. The zero-order valence-corrected chi connectivity index (χ0v) is 12.4. The third kappa shape index (κ3) is 2.80. The molecule has 1 atom stereocenters. The van der Waals surface area contributed by atoms with Gasteiger partial charge in [0.05, 0.1) is 6.10 Å². The molecule has 1 aliphatic rings. The molecular weight excluding hydrogens is 288 g/mol. The lowest BCUT2D eigenvalue weighted by Crippen LogP contribution is -2.03. The second-order valence-electron chi connectivity index (χ2n) is 5.24. The van der Waals surface area contributed by atoms with Gasteiger partial charge >= 0.3 is 0 Å². The Kier molecular flexibility index (Phi) is 3.47. The fourth-order valence-electron chi connectivity index (χ4n) is 2.58. The van der Waals surface area contributed by atoms with Gasteiger partial charge in [0.15, 0.2) is 9.84 Å². The smallest absolute Gasteiger partial charge is 0.179 e. The monoisotopic (exact) mass is 304 g/mol. The number of sulfone groups is 1. The molecule has 2 aromatic carbocycles. The van der Waals surface area contributed by atoms with Gasteiger partial charge in [0.25, 0.3) is 0 Å². The minimum Gasteiger partial charge on any atom is -0.456 e. The molecule has 0 fully saturated rings. The van der Waals surface area contributed by atoms with E-state index in [2.05, 4.69) is 0 Å². The van der Waals surface area contributed by atoms with Gasteiger partial charge in [-0.15, -0.1) is 0 Å². The Balaban J connectivity index is 2.11. The number of benzene rings is 2. The van der Waals surface area contributed by atoms with Crippen LogP contribution < -0.4 is 4.74 Å². The van der Waals surface area contributed by atoms with Crippen LogP contribution in [0, 0.1) is 0 Å². The second kappa shape index (κ2) is 5.16. The molecule has 0 aliphatic heterocycles. The Morgan fingerprint density at radius 2 is 1.90 bits per heavy atom. The van der Waals surface area contributed by atoms with Crippen LogP contribution in [-0.2, 0) is 16.3 Å². The molecule has 2 aromatic rings. The van der Waals surface area contributed by atoms with E-state index in [0.717, 1.165) is 18.2 Å². The minimum absolute atomic E-state index is 0.117. The van der Waals surface area contributed by atoms with Gasteiger partial charge < -0.3 is 9.84 Å². The second-order valence-corrected chi connectivity index (χ2v) is 7.22. The van der Waals surface area contributed by atoms with Crippen molar-refractivity contribution in [3.8, 4) is 11.5 Å². The van der Waals surface area contributed by atoms with Gasteiger partial charge in [-0.05, 0) is 48.2 Å². The molecule has 1 aliphatic carbocycles. The fourth-order valence-corrected chi connectivity index (χ4v) is 3.38. The van der Waals surface area contributed by atoms with Crippen LogP contribution in [0.15, 0.2) is 47.4 Å². The Hall–Kier alpha value is -1.85. The number of para-hydroxylation sites is 1. The highest BCUT2D eigenvalue weighted by atomic mass is 32.2. The van der Waals surface area contributed by atoms with Crippen LogP contribution in [0.1, 0.15) is 23.7 Å². The first-order valence-electron chi connectivity index (χ1n) is 6.73. The van der Waals surface area contributed by atoms with Crippen molar-refractivity contribution < 1.29 is 18.3 Å². The third-order valence-corrected chi connectivity index (χ3v) is 4.74. The molecule has 21 heavy (non-hydrogen) atoms. The summed E-state index contributed by atoms with van der Waals surface area (Å²) < 4.78 is 29.7. The number of ether oxygens (including phenoxy) is 1. The van der Waals surface area contributed by atoms with Crippen LogP contribution in [0.5, 0.6) is 11.5 Å². The van der Waals surface area contributed by atoms with Crippen molar-refractivity contribution in [2.75, 3.05) is 6.26 Å². The average Bonchev–Trinajstić information content (AvgIpc) is 2.79. The molecule has 1 unspecified atom stereocenters. The summed E-state index contributed by atoms with van der Waals surface area (Å²) in [4.78, 5) is 0.117. The van der Waals surface area contributed by atoms with E-state index in [-0.39, 0.29) is 4.90 Å². The molecule has 0 saturated heterocycles. The van der Waals surface area contributed by atoms with Crippen LogP contribution in [-0.4, -0.2) is 19.8 Å². The highest BCUT2D eigenvalue weighted by molar-refractivity contribution is 7.90. The summed E-state index contributed by atoms with van der Waals surface area (Å²) in [5.41, 5.74) is 1.64. The van der Waals surface area contributed by atoms with Gasteiger partial charge in [-0.1, -0.05) is 18.2 Å². The number of aliphatic hydroxyl groups is 1. The zero-order valence-electron chi connectivity index (χ0n) is 11.6. The van der Waals surface area contributed by atoms with Crippen molar-refractivity contribution in [3.63, 3.8) is 0 Å². The number of fused-ring (bicyclic) bond motifs is 1. The van der Waals surface area contributed by atoms with Crippen LogP contribution in [0.2, 0.25) is 0 Å². The molecule has 5 heteroatoms. The molecule has 110 valence electrons. The number of rotatable bonds is 3. The number of hydrogen-bond acceptors (Lipinski definition) is 4. The van der Waals surface area contributed by atoms with Crippen molar-refractivity contribution in [2.24, 2.45) is 0 Å². The minimum atomic E-state index is -3.43. The van der Waals surface area contributed by atoms with Crippen molar-refractivity contribution in [1.29, 1.82) is 0 Å². The summed E-state index contributed by atoms with van der Waals surface area (Å²) >= 11 is 0. The lowest BCUT2D eigenvalue weighted by atomic mass is 10.1. The Morgan fingerprint density at radius 3 is 2.57 bits per heavy atom. The molecular formula is C16H16O4S. The van der Waals surface area contributed by atoms with Crippen molar-refractivity contribution >= 4 is 9.84 Å². The van der Waals surface area contributed by atoms with Gasteiger partial charge in [-0.25, -0.2) is 8.42 Å². The quantitative estimate of drug-likeness (QED) is 0.947. The summed E-state index contributed by atoms with van der Waals surface area (Å²) in [5.74, 6) is 0.900. The predicted molar refractivity (Wildman–Crippen MR) is 79.3 cm³/mol. The highest BCUT2D eigenvalue weighted by Gasteiger charge is 2.26. The molecule has 4 nitrogen and oxygen atoms in total. The number of aryl methyl sites for hydroxylation is 1. The number of aliphatic hydroxyl groups excluding tert-OH is 1. The normalized spacial score (nSPS) is 17.5. The van der Waals surface area contributed by atoms with Crippen LogP contribution in [0.4, 0.5) is 0 Å². The average molecular weight is 304 g/mol. The van der Waals surface area contributed by atoms with Crippen molar-refractivity contribution in [3.05, 3.63) is 53.6 Å². The van der Waals surface area contributed by atoms with E-state index in [4.69, 9.17) is 4.74 Å². The van der Waals surface area contributed by atoms with Crippen LogP contribution in [0.3, 0.4) is 0 Å². The SMILES string of the molecule is CS(=O)(=O)c1cc2c(cc1Oc1ccccc1)CCC2O. The van der Waals surface area contributed by atoms with Gasteiger partial charge in [0.1, 0.15) is 16.4 Å². The van der Waals surface area contributed by atoms with Gasteiger partial charge in [-0.2, -0.15) is 0 Å². The molecule has 0 aromatic heterocycles. The van der Waals surface area contributed by atoms with Gasteiger partial charge in [0.2, 0.25) is 0 Å². The van der Waals surface area contributed by atoms with E-state index in [1.807, 2.05) is 18.2 Å². The van der Waals surface area contributed by atoms with Crippen molar-refractivity contribution in [1.82, 2.24) is 0 Å². The van der Waals surface area contributed by atoms with Gasteiger partial charge in [0, 0.05) is 6.26 Å². The van der Waals surface area contributed by atoms with E-state index < -0.39 is 15.9 Å². The fraction of sp³-hybridized carbons (Fsp3) is 0.250. The maximum Gasteiger partial charge on any atom is 0.179 e. The summed E-state index contributed by atoms with van der Waals surface area (Å²) in [6, 6.07) is 12.3. The maximum atomic E-state index is 12.0. The molecule has 0 heterocycles. The Labute approximate surface area is 123 Å². The van der Waals surface area contributed by atoms with Gasteiger partial charge in [-0.3, -0.25) is 0 Å². The molecule has 0 spiro atoms. The molecule has 3 rings (SSSR count). The van der Waals surface area contributed by atoms with E-state index in [1.54, 1.807) is 24.3 Å². The largest absolute Gasteiger partial charge is 0.456 e. The molecule has 0 saturated carbocycles. The van der Waals surface area contributed by atoms with Crippen LogP contribution >= 0.6 is 0 Å². The maximum absolute atomic E-state index is 12.0. The lowest BCUT2D eigenvalue weighted by molar-refractivity contribution is 0.180. The summed E-state index contributed by atoms with van der Waals surface area (Å²) in [7, 11) is -3.43. The molecule has 1 N–H and O–H groups in total. The first-order valence-corrected chi connectivity index (χ1v) is 8.62. The lowest BCUT2D eigenvalue weighted by Gasteiger charge is -2.13. The summed E-state index contributed by atoms with van der Waals surface area (Å²) in [5, 5.41) is 9.92. The predicted octanol–water partition coefficient (Wildman–Crippen LogP) is 2.86. The molecule has 0 amide bonds. The zero-order chi connectivity index (χ0) is 15.0. The summed E-state index contributed by atoms with van der Waals surface area (Å²) in [6.07, 6.45) is 1.90. The first kappa shape index (κ1) is 14.1. The van der Waals surface area contributed by atoms with Crippen LogP contribution in [0.25, 0.3) is 0 Å². The van der Waals surface area contributed by atoms with Crippen molar-refractivity contribution in [2.45, 2.75) is 23.8 Å². The molecule has 0 radical (unpaired) electrons. The first-order chi connectivity index (χ1) is 9.95. The van der Waals surface area contributed by atoms with E-state index in [1.165, 1.54) is 0 Å². The van der Waals surface area contributed by atoms with E-state index in [9.17, 15) is 13.5 Å². The van der Waals surface area contributed by atoms with E-state index in [0.29, 0.717) is 23.5 Å².